The molecule has 0 aromatic heterocycles. The maximum Gasteiger partial charge on any atom is 0.252 e. The maximum atomic E-state index is 12.1. The second-order valence-corrected chi connectivity index (χ2v) is 6.39. The minimum absolute atomic E-state index is 0.0215. The van der Waals surface area contributed by atoms with Crippen LogP contribution in [0.1, 0.15) is 36.2 Å². The van der Waals surface area contributed by atoms with Crippen LogP contribution in [0.15, 0.2) is 22.7 Å². The zero-order valence-electron chi connectivity index (χ0n) is 11.0. The van der Waals surface area contributed by atoms with Crippen LogP contribution in [0.2, 0.25) is 0 Å². The summed E-state index contributed by atoms with van der Waals surface area (Å²) in [6, 6.07) is 5.68. The molecule has 0 fully saturated rings. The number of hydrogen-bond acceptors (Lipinski definition) is 1. The van der Waals surface area contributed by atoms with Crippen LogP contribution in [0, 0.1) is 12.3 Å². The van der Waals surface area contributed by atoms with Gasteiger partial charge in [-0.2, -0.15) is 0 Å². The van der Waals surface area contributed by atoms with Gasteiger partial charge in [-0.1, -0.05) is 26.0 Å². The number of amides is 1. The van der Waals surface area contributed by atoms with Gasteiger partial charge in [-0.3, -0.25) is 4.79 Å². The summed E-state index contributed by atoms with van der Waals surface area (Å²) in [6.07, 6.45) is 0.879. The quantitative estimate of drug-likeness (QED) is 0.807. The minimum atomic E-state index is -0.0479. The number of alkyl halides is 1. The van der Waals surface area contributed by atoms with Crippen molar-refractivity contribution < 1.29 is 4.79 Å². The predicted molar refractivity (Wildman–Crippen MR) is 80.3 cm³/mol. The highest BCUT2D eigenvalue weighted by Crippen LogP contribution is 2.22. The Morgan fingerprint density at radius 2 is 2.11 bits per heavy atom. The van der Waals surface area contributed by atoms with E-state index in [-0.39, 0.29) is 11.3 Å². The standard InChI is InChI=1S/C14H19BrClNO/c1-10-5-4-6-11(12(10)15)13(18)17-9-14(2,3)7-8-16/h4-6H,7-9H2,1-3H3,(H,17,18). The van der Waals surface area contributed by atoms with Crippen LogP contribution in [0.25, 0.3) is 0 Å². The summed E-state index contributed by atoms with van der Waals surface area (Å²) in [6.45, 7) is 6.79. The highest BCUT2D eigenvalue weighted by molar-refractivity contribution is 9.10. The van der Waals surface area contributed by atoms with E-state index in [1.54, 1.807) is 0 Å². The molecular weight excluding hydrogens is 314 g/mol. The maximum absolute atomic E-state index is 12.1. The summed E-state index contributed by atoms with van der Waals surface area (Å²) in [5, 5.41) is 2.96. The first kappa shape index (κ1) is 15.5. The van der Waals surface area contributed by atoms with Gasteiger partial charge in [0.1, 0.15) is 0 Å². The van der Waals surface area contributed by atoms with Crippen molar-refractivity contribution in [3.05, 3.63) is 33.8 Å². The summed E-state index contributed by atoms with van der Waals surface area (Å²) in [5.74, 6) is 0.560. The van der Waals surface area contributed by atoms with Gasteiger partial charge < -0.3 is 5.32 Å². The van der Waals surface area contributed by atoms with Crippen LogP contribution in [-0.4, -0.2) is 18.3 Å². The summed E-state index contributed by atoms with van der Waals surface area (Å²) in [4.78, 5) is 12.1. The first-order chi connectivity index (χ1) is 8.37. The van der Waals surface area contributed by atoms with E-state index >= 15 is 0 Å². The lowest BCUT2D eigenvalue weighted by Gasteiger charge is -2.24. The molecule has 18 heavy (non-hydrogen) atoms. The van der Waals surface area contributed by atoms with Gasteiger partial charge >= 0.3 is 0 Å². The summed E-state index contributed by atoms with van der Waals surface area (Å²) >= 11 is 9.19. The van der Waals surface area contributed by atoms with Gasteiger partial charge in [-0.05, 0) is 46.3 Å². The zero-order chi connectivity index (χ0) is 13.8. The van der Waals surface area contributed by atoms with E-state index in [4.69, 9.17) is 11.6 Å². The van der Waals surface area contributed by atoms with Gasteiger partial charge in [-0.15, -0.1) is 11.6 Å². The molecule has 0 unspecified atom stereocenters. The van der Waals surface area contributed by atoms with E-state index in [0.717, 1.165) is 16.5 Å². The molecule has 1 rings (SSSR count). The van der Waals surface area contributed by atoms with Crippen molar-refractivity contribution in [2.24, 2.45) is 5.41 Å². The van der Waals surface area contributed by atoms with E-state index < -0.39 is 0 Å². The number of aryl methyl sites for hydroxylation is 1. The number of carbonyl (C=O) groups is 1. The predicted octanol–water partition coefficient (Wildman–Crippen LogP) is 4.14. The Labute approximate surface area is 122 Å². The van der Waals surface area contributed by atoms with Gasteiger partial charge in [0.2, 0.25) is 0 Å². The Balaban J connectivity index is 2.69. The van der Waals surface area contributed by atoms with Gasteiger partial charge in [-0.25, -0.2) is 0 Å². The van der Waals surface area contributed by atoms with Crippen molar-refractivity contribution in [3.63, 3.8) is 0 Å². The van der Waals surface area contributed by atoms with Crippen molar-refractivity contribution >= 4 is 33.4 Å². The molecule has 1 N–H and O–H groups in total. The van der Waals surface area contributed by atoms with Crippen LogP contribution in [0.4, 0.5) is 0 Å². The molecule has 1 aromatic rings. The number of halogens is 2. The van der Waals surface area contributed by atoms with E-state index in [1.807, 2.05) is 25.1 Å². The minimum Gasteiger partial charge on any atom is -0.351 e. The molecule has 0 saturated heterocycles. The molecule has 0 bridgehead atoms. The Hall–Kier alpha value is -0.540. The van der Waals surface area contributed by atoms with Crippen molar-refractivity contribution in [3.8, 4) is 0 Å². The first-order valence-electron chi connectivity index (χ1n) is 5.97. The SMILES string of the molecule is Cc1cccc(C(=O)NCC(C)(C)CCCl)c1Br. The number of rotatable bonds is 5. The lowest BCUT2D eigenvalue weighted by atomic mass is 9.90. The molecule has 1 aromatic carbocycles. The molecule has 100 valence electrons. The summed E-state index contributed by atoms with van der Waals surface area (Å²) in [7, 11) is 0. The smallest absolute Gasteiger partial charge is 0.252 e. The van der Waals surface area contributed by atoms with E-state index in [2.05, 4.69) is 35.1 Å². The summed E-state index contributed by atoms with van der Waals surface area (Å²) < 4.78 is 0.859. The largest absolute Gasteiger partial charge is 0.351 e. The third-order valence-electron chi connectivity index (χ3n) is 2.94. The molecule has 0 aliphatic rings. The first-order valence-corrected chi connectivity index (χ1v) is 7.29. The van der Waals surface area contributed by atoms with E-state index in [0.29, 0.717) is 18.0 Å². The number of hydrogen-bond donors (Lipinski definition) is 1. The monoisotopic (exact) mass is 331 g/mol. The van der Waals surface area contributed by atoms with Crippen LogP contribution in [-0.2, 0) is 0 Å². The van der Waals surface area contributed by atoms with E-state index in [9.17, 15) is 4.79 Å². The molecule has 0 atom stereocenters. The average Bonchev–Trinajstić information content (AvgIpc) is 2.30. The average molecular weight is 333 g/mol. The van der Waals surface area contributed by atoms with Crippen molar-refractivity contribution in [2.75, 3.05) is 12.4 Å². The molecule has 2 nitrogen and oxygen atoms in total. The molecule has 0 aliphatic heterocycles. The van der Waals surface area contributed by atoms with Gasteiger partial charge in [0.15, 0.2) is 0 Å². The molecule has 0 radical (unpaired) electrons. The topological polar surface area (TPSA) is 29.1 Å². The molecule has 0 saturated carbocycles. The Morgan fingerprint density at radius 1 is 1.44 bits per heavy atom. The van der Waals surface area contributed by atoms with Gasteiger partial charge in [0.25, 0.3) is 5.91 Å². The number of nitrogens with one attached hydrogen (secondary N) is 1. The lowest BCUT2D eigenvalue weighted by molar-refractivity contribution is 0.0935. The molecule has 4 heteroatoms. The number of carbonyl (C=O) groups excluding carboxylic acids is 1. The van der Waals surface area contributed by atoms with Crippen molar-refractivity contribution in [2.45, 2.75) is 27.2 Å². The molecular formula is C14H19BrClNO. The van der Waals surface area contributed by atoms with Crippen molar-refractivity contribution in [1.29, 1.82) is 0 Å². The van der Waals surface area contributed by atoms with Crippen LogP contribution in [0.3, 0.4) is 0 Å². The Bertz CT molecular complexity index is 432. The lowest BCUT2D eigenvalue weighted by Crippen LogP contribution is -2.34. The van der Waals surface area contributed by atoms with E-state index in [1.165, 1.54) is 0 Å². The summed E-state index contributed by atoms with van der Waals surface area (Å²) in [5.41, 5.74) is 1.76. The third kappa shape index (κ3) is 4.29. The molecule has 0 aliphatic carbocycles. The Morgan fingerprint density at radius 3 is 2.72 bits per heavy atom. The normalized spacial score (nSPS) is 11.4. The van der Waals surface area contributed by atoms with Crippen LogP contribution < -0.4 is 5.32 Å². The second-order valence-electron chi connectivity index (χ2n) is 5.22. The fourth-order valence-corrected chi connectivity index (χ4v) is 2.54. The fraction of sp³-hybridized carbons (Fsp3) is 0.500. The molecule has 0 spiro atoms. The highest BCUT2D eigenvalue weighted by atomic mass is 79.9. The molecule has 1 amide bonds. The zero-order valence-corrected chi connectivity index (χ0v) is 13.4. The highest BCUT2D eigenvalue weighted by Gasteiger charge is 2.19. The Kier molecular flexibility index (Phi) is 5.67. The number of benzene rings is 1. The third-order valence-corrected chi connectivity index (χ3v) is 4.18. The van der Waals surface area contributed by atoms with Gasteiger partial charge in [0.05, 0.1) is 5.56 Å². The second kappa shape index (κ2) is 6.58. The van der Waals surface area contributed by atoms with Crippen LogP contribution in [0.5, 0.6) is 0 Å². The molecule has 0 heterocycles. The van der Waals surface area contributed by atoms with Gasteiger partial charge in [0, 0.05) is 16.9 Å². The van der Waals surface area contributed by atoms with Crippen molar-refractivity contribution in [1.82, 2.24) is 5.32 Å². The van der Waals surface area contributed by atoms with Crippen LogP contribution >= 0.6 is 27.5 Å². The fourth-order valence-electron chi connectivity index (χ4n) is 1.58.